The summed E-state index contributed by atoms with van der Waals surface area (Å²) < 4.78 is 10.4. The third-order valence-corrected chi connectivity index (χ3v) is 5.64. The molecule has 33 heavy (non-hydrogen) atoms. The molecule has 0 amide bonds. The van der Waals surface area contributed by atoms with Crippen molar-refractivity contribution in [3.63, 3.8) is 0 Å². The lowest BCUT2D eigenvalue weighted by atomic mass is 10.2. The molecule has 8 nitrogen and oxygen atoms in total. The van der Waals surface area contributed by atoms with E-state index in [0.29, 0.717) is 32.5 Å². The van der Waals surface area contributed by atoms with Crippen LogP contribution in [0.3, 0.4) is 0 Å². The highest BCUT2D eigenvalue weighted by atomic mass is 16.5. The third kappa shape index (κ3) is 7.94. The van der Waals surface area contributed by atoms with Gasteiger partial charge in [0, 0.05) is 25.9 Å². The van der Waals surface area contributed by atoms with Gasteiger partial charge in [0.1, 0.15) is 25.3 Å². The van der Waals surface area contributed by atoms with Crippen LogP contribution in [0.15, 0.2) is 60.7 Å². The van der Waals surface area contributed by atoms with E-state index in [-0.39, 0.29) is 30.6 Å². The van der Waals surface area contributed by atoms with Crippen LogP contribution in [-0.2, 0) is 32.3 Å². The number of nitrogens with one attached hydrogen (secondary N) is 1. The number of ether oxygens (including phenoxy) is 2. The fraction of sp³-hybridized carbons (Fsp3) is 0.440. The quantitative estimate of drug-likeness (QED) is 0.558. The second-order valence-corrected chi connectivity index (χ2v) is 8.38. The first-order chi connectivity index (χ1) is 15.9. The van der Waals surface area contributed by atoms with Crippen LogP contribution in [0, 0.1) is 0 Å². The highest BCUT2D eigenvalue weighted by molar-refractivity contribution is 5.76. The van der Waals surface area contributed by atoms with Crippen molar-refractivity contribution >= 4 is 11.9 Å². The molecule has 0 spiro atoms. The Bertz CT molecular complexity index is 879. The van der Waals surface area contributed by atoms with Gasteiger partial charge >= 0.3 is 11.9 Å². The monoisotopic (exact) mass is 456 g/mol. The topological polar surface area (TPSA) is 108 Å². The minimum Gasteiger partial charge on any atom is -0.460 e. The molecule has 2 aromatic carbocycles. The minimum atomic E-state index is -0.436. The number of β-amino-alcohol motifs (C(OH)–C–C–N with tert-alkyl or cyclic N) is 2. The molecule has 178 valence electrons. The lowest BCUT2D eigenvalue weighted by molar-refractivity contribution is -0.150. The van der Waals surface area contributed by atoms with E-state index in [4.69, 9.17) is 9.47 Å². The van der Waals surface area contributed by atoms with Crippen LogP contribution in [-0.4, -0.2) is 71.5 Å². The number of hydrogen-bond acceptors (Lipinski definition) is 8. The largest absolute Gasteiger partial charge is 0.460 e. The number of hydrogen-bond donors (Lipinski definition) is 3. The van der Waals surface area contributed by atoms with E-state index >= 15 is 0 Å². The number of benzene rings is 2. The van der Waals surface area contributed by atoms with E-state index in [1.165, 1.54) is 0 Å². The molecule has 0 aliphatic carbocycles. The zero-order valence-electron chi connectivity index (χ0n) is 18.8. The van der Waals surface area contributed by atoms with E-state index in [0.717, 1.165) is 11.1 Å². The SMILES string of the molecule is CN1CC(O)CC1C(=O)OCc1ccccc1.O=C(OCc1ccccc1)C1CC(O)CN1. The summed E-state index contributed by atoms with van der Waals surface area (Å²) >= 11 is 0. The molecule has 0 bridgehead atoms. The maximum absolute atomic E-state index is 11.8. The predicted molar refractivity (Wildman–Crippen MR) is 122 cm³/mol. The lowest BCUT2D eigenvalue weighted by Crippen LogP contribution is -2.34. The molecule has 3 N–H and O–H groups in total. The zero-order valence-corrected chi connectivity index (χ0v) is 18.8. The summed E-state index contributed by atoms with van der Waals surface area (Å²) in [5.41, 5.74) is 1.94. The molecular formula is C25H32N2O6. The molecule has 2 fully saturated rings. The molecule has 2 heterocycles. The Kier molecular flexibility index (Phi) is 9.38. The number of carbonyl (C=O) groups excluding carboxylic acids is 2. The average molecular weight is 457 g/mol. The maximum Gasteiger partial charge on any atom is 0.323 e. The van der Waals surface area contributed by atoms with Crippen molar-refractivity contribution < 1.29 is 29.3 Å². The van der Waals surface area contributed by atoms with Crippen LogP contribution in [0.1, 0.15) is 24.0 Å². The van der Waals surface area contributed by atoms with Crippen molar-refractivity contribution in [1.82, 2.24) is 10.2 Å². The summed E-state index contributed by atoms with van der Waals surface area (Å²) in [6.07, 6.45) is 0.0427. The molecule has 2 aliphatic rings. The van der Waals surface area contributed by atoms with E-state index < -0.39 is 12.2 Å². The van der Waals surface area contributed by atoms with Gasteiger partial charge in [-0.2, -0.15) is 0 Å². The van der Waals surface area contributed by atoms with E-state index in [1.54, 1.807) is 0 Å². The zero-order chi connectivity index (χ0) is 23.6. The van der Waals surface area contributed by atoms with Crippen molar-refractivity contribution in [2.75, 3.05) is 20.1 Å². The Balaban J connectivity index is 0.000000186. The smallest absolute Gasteiger partial charge is 0.323 e. The Labute approximate surface area is 194 Å². The first-order valence-electron chi connectivity index (χ1n) is 11.1. The molecule has 2 saturated heterocycles. The van der Waals surface area contributed by atoms with Crippen LogP contribution in [0.4, 0.5) is 0 Å². The lowest BCUT2D eigenvalue weighted by Gasteiger charge is -2.17. The maximum atomic E-state index is 11.8. The fourth-order valence-corrected chi connectivity index (χ4v) is 3.80. The van der Waals surface area contributed by atoms with Gasteiger partial charge in [0.25, 0.3) is 0 Å². The Morgan fingerprint density at radius 2 is 1.42 bits per heavy atom. The van der Waals surface area contributed by atoms with Crippen molar-refractivity contribution in [3.05, 3.63) is 71.8 Å². The predicted octanol–water partition coefficient (Wildman–Crippen LogP) is 1.25. The molecule has 2 aromatic rings. The average Bonchev–Trinajstić information content (AvgIpc) is 3.42. The summed E-state index contributed by atoms with van der Waals surface area (Å²) in [7, 11) is 1.82. The number of rotatable bonds is 6. The molecular weight excluding hydrogens is 424 g/mol. The van der Waals surface area contributed by atoms with Gasteiger partial charge in [-0.25, -0.2) is 0 Å². The number of esters is 2. The summed E-state index contributed by atoms with van der Waals surface area (Å²) in [6.45, 7) is 1.57. The summed E-state index contributed by atoms with van der Waals surface area (Å²) in [4.78, 5) is 25.2. The second-order valence-electron chi connectivity index (χ2n) is 8.38. The van der Waals surface area contributed by atoms with Gasteiger partial charge in [0.05, 0.1) is 12.2 Å². The third-order valence-electron chi connectivity index (χ3n) is 5.64. The number of nitrogens with zero attached hydrogens (tertiary/aromatic N) is 1. The highest BCUT2D eigenvalue weighted by Gasteiger charge is 2.34. The number of aliphatic hydroxyl groups is 2. The molecule has 4 unspecified atom stereocenters. The van der Waals surface area contributed by atoms with Crippen molar-refractivity contribution in [1.29, 1.82) is 0 Å². The van der Waals surface area contributed by atoms with Gasteiger partial charge in [-0.05, 0) is 18.2 Å². The van der Waals surface area contributed by atoms with Gasteiger partial charge in [0.15, 0.2) is 0 Å². The first kappa shape index (κ1) is 24.9. The van der Waals surface area contributed by atoms with Crippen LogP contribution < -0.4 is 5.32 Å². The Morgan fingerprint density at radius 1 is 0.879 bits per heavy atom. The second kappa shape index (κ2) is 12.5. The summed E-state index contributed by atoms with van der Waals surface area (Å²) in [5.74, 6) is -0.548. The molecule has 0 radical (unpaired) electrons. The van der Waals surface area contributed by atoms with E-state index in [9.17, 15) is 19.8 Å². The van der Waals surface area contributed by atoms with Crippen molar-refractivity contribution in [2.24, 2.45) is 0 Å². The highest BCUT2D eigenvalue weighted by Crippen LogP contribution is 2.17. The molecule has 8 heteroatoms. The molecule has 4 rings (SSSR count). The van der Waals surface area contributed by atoms with Gasteiger partial charge < -0.3 is 25.0 Å². The van der Waals surface area contributed by atoms with E-state index in [1.807, 2.05) is 72.6 Å². The van der Waals surface area contributed by atoms with Gasteiger partial charge in [-0.3, -0.25) is 14.5 Å². The van der Waals surface area contributed by atoms with Crippen LogP contribution in [0.2, 0.25) is 0 Å². The van der Waals surface area contributed by atoms with Crippen LogP contribution >= 0.6 is 0 Å². The van der Waals surface area contributed by atoms with Crippen LogP contribution in [0.5, 0.6) is 0 Å². The van der Waals surface area contributed by atoms with Gasteiger partial charge in [-0.1, -0.05) is 60.7 Å². The molecule has 0 saturated carbocycles. The van der Waals surface area contributed by atoms with Gasteiger partial charge in [-0.15, -0.1) is 0 Å². The fourth-order valence-electron chi connectivity index (χ4n) is 3.80. The molecule has 2 aliphatic heterocycles. The standard InChI is InChI=1S/C13H17NO3.C12H15NO3/c1-14-8-11(15)7-12(14)13(16)17-9-10-5-3-2-4-6-10;14-10-6-11(13-7-10)12(15)16-8-9-4-2-1-3-5-9/h2-6,11-12,15H,7-9H2,1H3;1-5,10-11,13-14H,6-8H2. The minimum absolute atomic E-state index is 0.257. The Morgan fingerprint density at radius 3 is 1.88 bits per heavy atom. The molecule has 0 aromatic heterocycles. The van der Waals surface area contributed by atoms with Gasteiger partial charge in [0.2, 0.25) is 0 Å². The number of carbonyl (C=O) groups is 2. The normalized spacial score (nSPS) is 24.6. The number of aliphatic hydroxyl groups excluding tert-OH is 2. The Hall–Kier alpha value is -2.78. The number of likely N-dealkylation sites (tertiary alicyclic amines) is 1. The van der Waals surface area contributed by atoms with Crippen molar-refractivity contribution in [3.8, 4) is 0 Å². The molecule has 4 atom stereocenters. The number of likely N-dealkylation sites (N-methyl/N-ethyl adjacent to an activating group) is 1. The van der Waals surface area contributed by atoms with Crippen molar-refractivity contribution in [2.45, 2.75) is 50.3 Å². The summed E-state index contributed by atoms with van der Waals surface area (Å²) in [6, 6.07) is 18.4. The van der Waals surface area contributed by atoms with Crippen LogP contribution in [0.25, 0.3) is 0 Å². The summed E-state index contributed by atoms with van der Waals surface area (Å²) in [5, 5.41) is 21.6. The van der Waals surface area contributed by atoms with E-state index in [2.05, 4.69) is 5.32 Å². The first-order valence-corrected chi connectivity index (χ1v) is 11.1.